The van der Waals surface area contributed by atoms with Gasteiger partial charge in [0.05, 0.1) is 17.5 Å². The molecule has 10 heteroatoms. The summed E-state index contributed by atoms with van der Waals surface area (Å²) >= 11 is 7.00. The van der Waals surface area contributed by atoms with Gasteiger partial charge < -0.3 is 21.1 Å². The molecule has 0 spiro atoms. The van der Waals surface area contributed by atoms with Gasteiger partial charge >= 0.3 is 12.0 Å². The van der Waals surface area contributed by atoms with Gasteiger partial charge in [-0.2, -0.15) is 0 Å². The maximum absolute atomic E-state index is 13.1. The van der Waals surface area contributed by atoms with Gasteiger partial charge in [0.15, 0.2) is 6.10 Å². The highest BCUT2D eigenvalue weighted by atomic mass is 35.5. The Morgan fingerprint density at radius 2 is 2.07 bits per heavy atom. The first-order chi connectivity index (χ1) is 12.8. The Labute approximate surface area is 163 Å². The van der Waals surface area contributed by atoms with Crippen molar-refractivity contribution in [2.75, 3.05) is 5.32 Å². The summed E-state index contributed by atoms with van der Waals surface area (Å²) < 4.78 is 18.2. The van der Waals surface area contributed by atoms with Gasteiger partial charge in [-0.05, 0) is 36.6 Å². The molecule has 0 saturated carbocycles. The minimum Gasteiger partial charge on any atom is -0.452 e. The highest BCUT2D eigenvalue weighted by Gasteiger charge is 2.23. The topological polar surface area (TPSA) is 111 Å². The number of thiophene rings is 1. The fourth-order valence-electron chi connectivity index (χ4n) is 2.17. The number of esters is 1. The van der Waals surface area contributed by atoms with Crippen molar-refractivity contribution in [2.24, 2.45) is 5.73 Å². The lowest BCUT2D eigenvalue weighted by Crippen LogP contribution is -2.35. The molecule has 2 rings (SSSR count). The monoisotopic (exact) mass is 413 g/mol. The third kappa shape index (κ3) is 6.22. The number of nitrogens with two attached hydrogens (primary N) is 1. The minimum atomic E-state index is -1.11. The summed E-state index contributed by atoms with van der Waals surface area (Å²) in [5, 5.41) is 6.59. The zero-order valence-corrected chi connectivity index (χ0v) is 15.8. The van der Waals surface area contributed by atoms with Crippen molar-refractivity contribution in [1.29, 1.82) is 0 Å². The summed E-state index contributed by atoms with van der Waals surface area (Å²) in [6.45, 7) is 1.39. The number of rotatable bonds is 7. The van der Waals surface area contributed by atoms with Gasteiger partial charge in [-0.3, -0.25) is 9.59 Å². The van der Waals surface area contributed by atoms with Crippen molar-refractivity contribution < 1.29 is 23.5 Å². The first-order valence-electron chi connectivity index (χ1n) is 7.81. The SMILES string of the molecule is CC(OC(=O)CC(NC(N)=O)c1cccs1)C(=O)Nc1ccc(F)c(Cl)c1. The van der Waals surface area contributed by atoms with E-state index in [2.05, 4.69) is 10.6 Å². The van der Waals surface area contributed by atoms with Crippen molar-refractivity contribution in [3.8, 4) is 0 Å². The van der Waals surface area contributed by atoms with E-state index in [0.717, 1.165) is 10.9 Å². The van der Waals surface area contributed by atoms with E-state index in [0.29, 0.717) is 0 Å². The highest BCUT2D eigenvalue weighted by molar-refractivity contribution is 7.10. The number of halogens is 2. The predicted octanol–water partition coefficient (Wildman–Crippen LogP) is 3.21. The summed E-state index contributed by atoms with van der Waals surface area (Å²) in [4.78, 5) is 36.1. The Bertz CT molecular complexity index is 832. The van der Waals surface area contributed by atoms with Crippen LogP contribution in [0.25, 0.3) is 0 Å². The van der Waals surface area contributed by atoms with Crippen LogP contribution in [-0.4, -0.2) is 24.0 Å². The second kappa shape index (κ2) is 9.33. The number of carbonyl (C=O) groups excluding carboxylic acids is 3. The molecule has 144 valence electrons. The third-order valence-corrected chi connectivity index (χ3v) is 4.71. The first kappa shape index (κ1) is 20.7. The second-order valence-electron chi connectivity index (χ2n) is 5.53. The average Bonchev–Trinajstić information content (AvgIpc) is 3.11. The zero-order chi connectivity index (χ0) is 20.0. The van der Waals surface area contributed by atoms with Crippen LogP contribution in [0.5, 0.6) is 0 Å². The van der Waals surface area contributed by atoms with Gasteiger partial charge in [0, 0.05) is 10.6 Å². The molecule has 1 aromatic carbocycles. The quantitative estimate of drug-likeness (QED) is 0.605. The van der Waals surface area contributed by atoms with Gasteiger partial charge in [0.1, 0.15) is 5.82 Å². The Kier molecular flexibility index (Phi) is 7.14. The summed E-state index contributed by atoms with van der Waals surface area (Å²) in [5.74, 6) is -1.92. The predicted molar refractivity (Wildman–Crippen MR) is 100.0 cm³/mol. The molecule has 27 heavy (non-hydrogen) atoms. The van der Waals surface area contributed by atoms with Crippen molar-refractivity contribution in [2.45, 2.75) is 25.5 Å². The number of urea groups is 1. The molecule has 7 nitrogen and oxygen atoms in total. The molecule has 0 aliphatic heterocycles. The molecule has 0 saturated heterocycles. The summed E-state index contributed by atoms with van der Waals surface area (Å²) in [6.07, 6.45) is -1.30. The van der Waals surface area contributed by atoms with Crippen LogP contribution in [0.3, 0.4) is 0 Å². The molecule has 4 N–H and O–H groups in total. The number of carbonyl (C=O) groups is 3. The van der Waals surface area contributed by atoms with Crippen LogP contribution < -0.4 is 16.4 Å². The number of hydrogen-bond acceptors (Lipinski definition) is 5. The highest BCUT2D eigenvalue weighted by Crippen LogP contribution is 2.23. The van der Waals surface area contributed by atoms with Crippen molar-refractivity contribution in [1.82, 2.24) is 5.32 Å². The van der Waals surface area contributed by atoms with E-state index in [9.17, 15) is 18.8 Å². The van der Waals surface area contributed by atoms with E-state index in [1.807, 2.05) is 0 Å². The van der Waals surface area contributed by atoms with Crippen molar-refractivity contribution in [3.63, 3.8) is 0 Å². The van der Waals surface area contributed by atoms with E-state index < -0.39 is 35.9 Å². The molecule has 2 unspecified atom stereocenters. The molecule has 0 aliphatic carbocycles. The van der Waals surface area contributed by atoms with Crippen LogP contribution in [0.4, 0.5) is 14.9 Å². The van der Waals surface area contributed by atoms with Crippen LogP contribution in [0.2, 0.25) is 5.02 Å². The average molecular weight is 414 g/mol. The molecule has 0 bridgehead atoms. The summed E-state index contributed by atoms with van der Waals surface area (Å²) in [6, 6.07) is 5.76. The minimum absolute atomic E-state index is 0.145. The molecule has 1 aromatic heterocycles. The number of hydrogen-bond donors (Lipinski definition) is 3. The molecule has 2 aromatic rings. The van der Waals surface area contributed by atoms with Crippen LogP contribution in [-0.2, 0) is 14.3 Å². The van der Waals surface area contributed by atoms with E-state index in [1.165, 1.54) is 30.4 Å². The Balaban J connectivity index is 1.93. The molecule has 0 radical (unpaired) electrons. The number of anilines is 1. The number of nitrogens with one attached hydrogen (secondary N) is 2. The standard InChI is InChI=1S/C17H17ClFN3O4S/c1-9(16(24)21-10-4-5-12(19)11(18)7-10)26-15(23)8-13(22-17(20)25)14-3-2-6-27-14/h2-7,9,13H,8H2,1H3,(H,21,24)(H3,20,22,25). The lowest BCUT2D eigenvalue weighted by atomic mass is 10.1. The van der Waals surface area contributed by atoms with E-state index in [1.54, 1.807) is 17.5 Å². The summed E-state index contributed by atoms with van der Waals surface area (Å²) in [7, 11) is 0. The van der Waals surface area contributed by atoms with Gasteiger partial charge in [-0.25, -0.2) is 9.18 Å². The number of primary amides is 1. The molecule has 2 atom stereocenters. The molecule has 1 heterocycles. The number of amides is 3. The van der Waals surface area contributed by atoms with Gasteiger partial charge in [-0.15, -0.1) is 11.3 Å². The van der Waals surface area contributed by atoms with Crippen LogP contribution in [0, 0.1) is 5.82 Å². The van der Waals surface area contributed by atoms with Crippen molar-refractivity contribution >= 4 is 46.5 Å². The molecule has 3 amide bonds. The van der Waals surface area contributed by atoms with Crippen LogP contribution in [0.15, 0.2) is 35.7 Å². The zero-order valence-electron chi connectivity index (χ0n) is 14.2. The lowest BCUT2D eigenvalue weighted by Gasteiger charge is -2.18. The first-order valence-corrected chi connectivity index (χ1v) is 9.06. The Morgan fingerprint density at radius 3 is 2.67 bits per heavy atom. The van der Waals surface area contributed by atoms with Gasteiger partial charge in [0.25, 0.3) is 5.91 Å². The third-order valence-electron chi connectivity index (χ3n) is 3.44. The fourth-order valence-corrected chi connectivity index (χ4v) is 3.13. The summed E-state index contributed by atoms with van der Waals surface area (Å²) in [5.41, 5.74) is 5.40. The van der Waals surface area contributed by atoms with E-state index in [4.69, 9.17) is 22.1 Å². The van der Waals surface area contributed by atoms with E-state index in [-0.39, 0.29) is 17.1 Å². The molecule has 0 aliphatic rings. The van der Waals surface area contributed by atoms with Gasteiger partial charge in [-0.1, -0.05) is 17.7 Å². The Morgan fingerprint density at radius 1 is 1.33 bits per heavy atom. The van der Waals surface area contributed by atoms with Crippen LogP contribution >= 0.6 is 22.9 Å². The largest absolute Gasteiger partial charge is 0.452 e. The van der Waals surface area contributed by atoms with E-state index >= 15 is 0 Å². The normalized spacial score (nSPS) is 12.7. The Hall–Kier alpha value is -2.65. The fraction of sp³-hybridized carbons (Fsp3) is 0.235. The number of ether oxygens (including phenoxy) is 1. The maximum Gasteiger partial charge on any atom is 0.312 e. The molecular weight excluding hydrogens is 397 g/mol. The second-order valence-corrected chi connectivity index (χ2v) is 6.92. The van der Waals surface area contributed by atoms with Crippen LogP contribution in [0.1, 0.15) is 24.3 Å². The molecule has 0 fully saturated rings. The lowest BCUT2D eigenvalue weighted by molar-refractivity contribution is -0.153. The molecular formula is C17H17ClFN3O4S. The number of benzene rings is 1. The van der Waals surface area contributed by atoms with Crippen molar-refractivity contribution in [3.05, 3.63) is 51.4 Å². The van der Waals surface area contributed by atoms with Gasteiger partial charge in [0.2, 0.25) is 0 Å². The smallest absolute Gasteiger partial charge is 0.312 e. The maximum atomic E-state index is 13.1.